The first-order valence-corrected chi connectivity index (χ1v) is 17.7. The van der Waals surface area contributed by atoms with E-state index in [0.717, 1.165) is 10.5 Å². The molecule has 3 atom stereocenters. The summed E-state index contributed by atoms with van der Waals surface area (Å²) in [4.78, 5) is 47.1. The molecule has 4 aliphatic heterocycles. The van der Waals surface area contributed by atoms with Crippen molar-refractivity contribution in [1.29, 1.82) is 0 Å². The van der Waals surface area contributed by atoms with Crippen molar-refractivity contribution >= 4 is 23.7 Å². The minimum Gasteiger partial charge on any atom is -0.465 e. The smallest absolute Gasteiger partial charge is 0.416 e. The zero-order valence-electron chi connectivity index (χ0n) is 28.5. The second-order valence-electron chi connectivity index (χ2n) is 14.3. The summed E-state index contributed by atoms with van der Waals surface area (Å²) in [5.41, 5.74) is -1.89. The number of fused-ring (bicyclic) bond motifs is 1. The molecule has 3 fully saturated rings. The maximum atomic E-state index is 14.5. The van der Waals surface area contributed by atoms with Crippen molar-refractivity contribution in [2.24, 2.45) is 5.92 Å². The van der Waals surface area contributed by atoms with Gasteiger partial charge in [0.2, 0.25) is 5.91 Å². The highest BCUT2D eigenvalue weighted by Gasteiger charge is 2.45. The van der Waals surface area contributed by atoms with Crippen molar-refractivity contribution < 1.29 is 50.9 Å². The number of rotatable bonds is 6. The molecule has 0 spiro atoms. The van der Waals surface area contributed by atoms with Crippen LogP contribution in [0.3, 0.4) is 0 Å². The third-order valence-corrected chi connectivity index (χ3v) is 11.1. The van der Waals surface area contributed by atoms with E-state index in [2.05, 4.69) is 10.2 Å². The monoisotopic (exact) mass is 739 g/mol. The lowest BCUT2D eigenvalue weighted by Crippen LogP contribution is -2.59. The average molecular weight is 740 g/mol. The SMILES string of the molecule is O=C(C(Cc1cc(C(F)(F)F)cc(C(F)(F)F)c1)[C@H]1CC(N2CCc3ccccc3NC2=O)CCN1C(=O)O)N1CCC(N2CCC(O)CC2)CC1. The molecule has 284 valence electrons. The summed E-state index contributed by atoms with van der Waals surface area (Å²) in [7, 11) is 0. The highest BCUT2D eigenvalue weighted by Crippen LogP contribution is 2.39. The second kappa shape index (κ2) is 15.1. The number of aliphatic hydroxyl groups is 1. The fourth-order valence-electron chi connectivity index (χ4n) is 8.33. The van der Waals surface area contributed by atoms with Gasteiger partial charge >= 0.3 is 24.5 Å². The Kier molecular flexibility index (Phi) is 11.0. The summed E-state index contributed by atoms with van der Waals surface area (Å²) in [5, 5.41) is 23.1. The van der Waals surface area contributed by atoms with E-state index in [9.17, 15) is 50.9 Å². The molecule has 0 aliphatic carbocycles. The van der Waals surface area contributed by atoms with Crippen LogP contribution in [-0.4, -0.2) is 111 Å². The predicted molar refractivity (Wildman–Crippen MR) is 177 cm³/mol. The molecule has 0 saturated carbocycles. The van der Waals surface area contributed by atoms with Gasteiger partial charge in [0.05, 0.1) is 23.1 Å². The Balaban J connectivity index is 1.31. The number of amides is 4. The van der Waals surface area contributed by atoms with E-state index >= 15 is 0 Å². The predicted octanol–water partition coefficient (Wildman–Crippen LogP) is 5.93. The number of piperidine rings is 3. The Labute approximate surface area is 297 Å². The number of carbonyl (C=O) groups is 3. The summed E-state index contributed by atoms with van der Waals surface area (Å²) in [6, 6.07) is 6.50. The maximum absolute atomic E-state index is 14.5. The van der Waals surface area contributed by atoms with Crippen LogP contribution < -0.4 is 5.32 Å². The van der Waals surface area contributed by atoms with E-state index in [1.165, 1.54) is 4.90 Å². The largest absolute Gasteiger partial charge is 0.465 e. The molecule has 3 N–H and O–H groups in total. The van der Waals surface area contributed by atoms with Crippen LogP contribution in [0.5, 0.6) is 0 Å². The Morgan fingerprint density at radius 3 is 2.06 bits per heavy atom. The van der Waals surface area contributed by atoms with Crippen LogP contribution in [-0.2, 0) is 30.0 Å². The third kappa shape index (κ3) is 8.43. The first-order chi connectivity index (χ1) is 24.6. The molecular weight excluding hydrogens is 696 g/mol. The number of aliphatic hydroxyl groups excluding tert-OH is 1. The molecule has 2 aromatic rings. The summed E-state index contributed by atoms with van der Waals surface area (Å²) in [6.07, 6.45) is -9.44. The Bertz CT molecular complexity index is 1590. The minimum absolute atomic E-state index is 0.0286. The molecule has 52 heavy (non-hydrogen) atoms. The molecule has 0 radical (unpaired) electrons. The third-order valence-electron chi connectivity index (χ3n) is 11.1. The van der Waals surface area contributed by atoms with Gasteiger partial charge in [-0.25, -0.2) is 9.59 Å². The molecule has 10 nitrogen and oxygen atoms in total. The minimum atomic E-state index is -5.11. The first-order valence-electron chi connectivity index (χ1n) is 17.7. The van der Waals surface area contributed by atoms with Crippen LogP contribution in [0.4, 0.5) is 41.6 Å². The topological polar surface area (TPSA) is 117 Å². The van der Waals surface area contributed by atoms with E-state index in [-0.39, 0.29) is 57.2 Å². The number of para-hydroxylation sites is 1. The van der Waals surface area contributed by atoms with E-state index in [1.807, 2.05) is 12.1 Å². The molecule has 4 heterocycles. The highest BCUT2D eigenvalue weighted by molar-refractivity contribution is 5.91. The summed E-state index contributed by atoms with van der Waals surface area (Å²) < 4.78 is 83.4. The van der Waals surface area contributed by atoms with Crippen molar-refractivity contribution in [2.75, 3.05) is 44.6 Å². The first kappa shape index (κ1) is 37.7. The molecule has 16 heteroatoms. The van der Waals surface area contributed by atoms with Gasteiger partial charge in [0.25, 0.3) is 0 Å². The van der Waals surface area contributed by atoms with Gasteiger partial charge in [-0.1, -0.05) is 18.2 Å². The van der Waals surface area contributed by atoms with Crippen molar-refractivity contribution in [3.63, 3.8) is 0 Å². The fraction of sp³-hybridized carbons (Fsp3) is 0.583. The highest BCUT2D eigenvalue weighted by atomic mass is 19.4. The zero-order chi connectivity index (χ0) is 37.4. The van der Waals surface area contributed by atoms with Gasteiger partial charge in [0, 0.05) is 63.1 Å². The van der Waals surface area contributed by atoms with Crippen LogP contribution in [0, 0.1) is 5.92 Å². The van der Waals surface area contributed by atoms with Crippen LogP contribution in [0.1, 0.15) is 60.8 Å². The van der Waals surface area contributed by atoms with E-state index < -0.39 is 71.5 Å². The van der Waals surface area contributed by atoms with Crippen LogP contribution >= 0.6 is 0 Å². The number of hydrogen-bond acceptors (Lipinski definition) is 5. The van der Waals surface area contributed by atoms with Gasteiger partial charge in [0.1, 0.15) is 0 Å². The average Bonchev–Trinajstić information content (AvgIpc) is 3.27. The lowest BCUT2D eigenvalue weighted by atomic mass is 9.81. The standard InChI is InChI=1S/C36H43F6N5O5/c37-35(38,39)24-17-22(18-25(20-24)36(40,41)42)19-29(32(49)45-11-6-26(7-12-45)44-13-9-28(48)10-14-44)31-21-27(8-16-47(31)34(51)52)46-15-5-23-3-1-2-4-30(23)43-33(46)50/h1-4,17-18,20,26-29,31,48H,5-16,19,21H2,(H,43,50)(H,51,52)/t27?,29?,31-/m1/s1. The Morgan fingerprint density at radius 1 is 0.827 bits per heavy atom. The van der Waals surface area contributed by atoms with Gasteiger partial charge in [-0.05, 0) is 86.8 Å². The number of carboxylic acid groups (broad SMARTS) is 1. The summed E-state index contributed by atoms with van der Waals surface area (Å²) >= 11 is 0. The molecule has 4 amide bonds. The number of anilines is 1. The number of likely N-dealkylation sites (tertiary alicyclic amines) is 3. The van der Waals surface area contributed by atoms with Crippen molar-refractivity contribution in [3.05, 3.63) is 64.7 Å². The van der Waals surface area contributed by atoms with Gasteiger partial charge in [-0.2, -0.15) is 26.3 Å². The fourth-order valence-corrected chi connectivity index (χ4v) is 8.33. The Hall–Kier alpha value is -4.05. The second-order valence-corrected chi connectivity index (χ2v) is 14.3. The number of hydrogen-bond donors (Lipinski definition) is 3. The number of benzene rings is 2. The number of carbonyl (C=O) groups excluding carboxylic acids is 2. The molecule has 4 aliphatic rings. The summed E-state index contributed by atoms with van der Waals surface area (Å²) in [5.74, 6) is -1.89. The van der Waals surface area contributed by atoms with Crippen LogP contribution in [0.2, 0.25) is 0 Å². The molecule has 0 bridgehead atoms. The number of alkyl halides is 6. The number of halogens is 6. The molecular formula is C36H43F6N5O5. The van der Waals surface area contributed by atoms with E-state index in [4.69, 9.17) is 0 Å². The quantitative estimate of drug-likeness (QED) is 0.317. The number of nitrogens with zero attached hydrogens (tertiary/aromatic N) is 4. The molecule has 6 rings (SSSR count). The van der Waals surface area contributed by atoms with Gasteiger partial charge in [-0.15, -0.1) is 0 Å². The van der Waals surface area contributed by atoms with Gasteiger partial charge in [-0.3, -0.25) is 4.79 Å². The molecule has 0 aromatic heterocycles. The number of urea groups is 1. The molecule has 2 aromatic carbocycles. The normalized spacial score (nSPS) is 23.5. The maximum Gasteiger partial charge on any atom is 0.416 e. The Morgan fingerprint density at radius 2 is 1.44 bits per heavy atom. The van der Waals surface area contributed by atoms with Crippen molar-refractivity contribution in [2.45, 2.75) is 87.9 Å². The summed E-state index contributed by atoms with van der Waals surface area (Å²) in [6.45, 7) is 2.13. The molecule has 3 saturated heterocycles. The van der Waals surface area contributed by atoms with E-state index in [0.29, 0.717) is 63.0 Å². The zero-order valence-corrected chi connectivity index (χ0v) is 28.5. The van der Waals surface area contributed by atoms with Crippen molar-refractivity contribution in [3.8, 4) is 0 Å². The lowest BCUT2D eigenvalue weighted by Gasteiger charge is -2.46. The lowest BCUT2D eigenvalue weighted by molar-refractivity contribution is -0.143. The van der Waals surface area contributed by atoms with Crippen molar-refractivity contribution in [1.82, 2.24) is 19.6 Å². The van der Waals surface area contributed by atoms with Gasteiger partial charge < -0.3 is 35.1 Å². The van der Waals surface area contributed by atoms with Crippen LogP contribution in [0.15, 0.2) is 42.5 Å². The van der Waals surface area contributed by atoms with Gasteiger partial charge in [0.15, 0.2) is 0 Å². The number of nitrogens with one attached hydrogen (secondary N) is 1. The van der Waals surface area contributed by atoms with E-state index in [1.54, 1.807) is 17.0 Å². The van der Waals surface area contributed by atoms with Crippen LogP contribution in [0.25, 0.3) is 0 Å². The molecule has 2 unspecified atom stereocenters.